The number of aliphatic carboxylic acids is 2. The van der Waals surface area contributed by atoms with E-state index in [1.807, 2.05) is 0 Å². The summed E-state index contributed by atoms with van der Waals surface area (Å²) in [6.07, 6.45) is 0.0753. The number of aliphatic hydroxyl groups excluding tert-OH is 2. The Bertz CT molecular complexity index is 2520. The van der Waals surface area contributed by atoms with Crippen molar-refractivity contribution in [1.82, 2.24) is 52.4 Å². The van der Waals surface area contributed by atoms with E-state index < -0.39 is 151 Å². The van der Waals surface area contributed by atoms with Crippen molar-refractivity contribution in [2.45, 2.75) is 153 Å². The number of amides is 9. The third-order valence-corrected chi connectivity index (χ3v) is 13.1. The molecule has 1 aliphatic heterocycles. The van der Waals surface area contributed by atoms with E-state index in [-0.39, 0.29) is 57.1 Å². The van der Waals surface area contributed by atoms with Crippen LogP contribution in [0.4, 0.5) is 0 Å². The fraction of sp³-hybridized carbons (Fsp3) is 0.600. The summed E-state index contributed by atoms with van der Waals surface area (Å²) in [5.74, 6) is -12.3. The predicted molar refractivity (Wildman–Crippen MR) is 284 cm³/mol. The molecule has 19 N–H and O–H groups in total. The van der Waals surface area contributed by atoms with Gasteiger partial charge in [-0.3, -0.25) is 52.9 Å². The highest BCUT2D eigenvalue weighted by atomic mass is 16.4. The summed E-state index contributed by atoms with van der Waals surface area (Å²) in [5.41, 5.74) is 17.8. The summed E-state index contributed by atoms with van der Waals surface area (Å²) in [6, 6.07) is -6.01. The van der Waals surface area contributed by atoms with Crippen molar-refractivity contribution < 1.29 is 73.2 Å². The number of carboxylic acid groups (broad SMARTS) is 2. The fourth-order valence-electron chi connectivity index (χ4n) is 8.52. The number of carboxylic acids is 2. The third-order valence-electron chi connectivity index (χ3n) is 13.1. The summed E-state index contributed by atoms with van der Waals surface area (Å²) in [4.78, 5) is 154. The topological polar surface area (TPSA) is 474 Å². The van der Waals surface area contributed by atoms with Gasteiger partial charge in [0.05, 0.1) is 31.7 Å². The number of H-pyrrole nitrogens is 1. The van der Waals surface area contributed by atoms with Crippen LogP contribution in [0.15, 0.2) is 35.5 Å². The highest BCUT2D eigenvalue weighted by Crippen LogP contribution is 2.21. The number of fused-ring (bicyclic) bond motifs is 1. The van der Waals surface area contributed by atoms with E-state index >= 15 is 0 Å². The van der Waals surface area contributed by atoms with Crippen LogP contribution in [-0.4, -0.2) is 188 Å². The number of carbonyl (C=O) groups is 11. The van der Waals surface area contributed by atoms with Gasteiger partial charge in [0.25, 0.3) is 0 Å². The number of nitrogens with one attached hydrogen (secondary N) is 9. The minimum atomic E-state index is -1.93. The Hall–Kier alpha value is -7.92. The molecule has 2 heterocycles. The third kappa shape index (κ3) is 20.4. The Morgan fingerprint density at radius 2 is 1.41 bits per heavy atom. The van der Waals surface area contributed by atoms with Crippen LogP contribution in [0.2, 0.25) is 0 Å². The number of likely N-dealkylation sites (tertiary alicyclic amines) is 1. The summed E-state index contributed by atoms with van der Waals surface area (Å²) in [6.45, 7) is 7.85. The molecule has 1 aromatic heterocycles. The molecule has 2 aromatic rings. The first-order chi connectivity index (χ1) is 37.2. The van der Waals surface area contributed by atoms with E-state index in [4.69, 9.17) is 17.2 Å². The molecule has 1 fully saturated rings. The van der Waals surface area contributed by atoms with E-state index in [0.29, 0.717) is 29.3 Å². The van der Waals surface area contributed by atoms with Crippen molar-refractivity contribution in [3.8, 4) is 0 Å². The van der Waals surface area contributed by atoms with Crippen LogP contribution in [0.1, 0.15) is 92.1 Å². The smallest absolute Gasteiger partial charge is 0.326 e. The molecule has 0 bridgehead atoms. The number of benzene rings is 1. The number of para-hydroxylation sites is 1. The predicted octanol–water partition coefficient (Wildman–Crippen LogP) is -4.36. The maximum atomic E-state index is 14.5. The minimum Gasteiger partial charge on any atom is -0.481 e. The highest BCUT2D eigenvalue weighted by molar-refractivity contribution is 5.99. The Balaban J connectivity index is 1.82. The lowest BCUT2D eigenvalue weighted by atomic mass is 9.96. The number of guanidine groups is 1. The van der Waals surface area contributed by atoms with Gasteiger partial charge in [0, 0.05) is 36.6 Å². The van der Waals surface area contributed by atoms with Crippen LogP contribution in [-0.2, 0) is 59.2 Å². The fourth-order valence-corrected chi connectivity index (χ4v) is 8.52. The Morgan fingerprint density at radius 3 is 2.01 bits per heavy atom. The Kier molecular flexibility index (Phi) is 26.0. The number of nitrogens with zero attached hydrogens (tertiary/aromatic N) is 2. The molecule has 29 heteroatoms. The number of aromatic amines is 1. The molecule has 9 amide bonds. The van der Waals surface area contributed by atoms with Gasteiger partial charge in [0.15, 0.2) is 5.96 Å². The molecule has 438 valence electrons. The molecule has 79 heavy (non-hydrogen) atoms. The van der Waals surface area contributed by atoms with Gasteiger partial charge in [0.2, 0.25) is 53.2 Å². The lowest BCUT2D eigenvalue weighted by Crippen LogP contribution is -2.62. The van der Waals surface area contributed by atoms with Crippen molar-refractivity contribution >= 4 is 82.0 Å². The first-order valence-corrected chi connectivity index (χ1v) is 26.0. The van der Waals surface area contributed by atoms with Crippen molar-refractivity contribution in [1.29, 1.82) is 0 Å². The molecule has 0 aliphatic carbocycles. The molecular weight excluding hydrogens is 1040 g/mol. The van der Waals surface area contributed by atoms with Crippen molar-refractivity contribution in [3.63, 3.8) is 0 Å². The van der Waals surface area contributed by atoms with E-state index in [1.54, 1.807) is 58.2 Å². The zero-order chi connectivity index (χ0) is 59.3. The molecule has 3 rings (SSSR count). The molecule has 0 saturated carbocycles. The Morgan fingerprint density at radius 1 is 0.772 bits per heavy atom. The molecule has 0 spiro atoms. The highest BCUT2D eigenvalue weighted by Gasteiger charge is 2.40. The number of aromatic nitrogens is 1. The zero-order valence-electron chi connectivity index (χ0n) is 45.2. The number of rotatable bonds is 32. The second-order valence-electron chi connectivity index (χ2n) is 19.9. The molecule has 1 aromatic carbocycles. The maximum absolute atomic E-state index is 14.5. The molecule has 1 saturated heterocycles. The number of aliphatic imine (C=N–C) groups is 1. The normalized spacial score (nSPS) is 16.9. The van der Waals surface area contributed by atoms with Gasteiger partial charge in [-0.25, -0.2) is 4.79 Å². The largest absolute Gasteiger partial charge is 0.481 e. The van der Waals surface area contributed by atoms with Crippen molar-refractivity contribution in [2.24, 2.45) is 34.0 Å². The van der Waals surface area contributed by atoms with E-state index in [0.717, 1.165) is 6.92 Å². The number of hydrogen-bond donors (Lipinski definition) is 16. The van der Waals surface area contributed by atoms with Gasteiger partial charge in [-0.15, -0.1) is 0 Å². The van der Waals surface area contributed by atoms with E-state index in [9.17, 15) is 73.2 Å². The number of nitrogens with two attached hydrogens (primary N) is 3. The van der Waals surface area contributed by atoms with Crippen LogP contribution in [0.5, 0.6) is 0 Å². The van der Waals surface area contributed by atoms with Gasteiger partial charge in [-0.05, 0) is 69.4 Å². The number of carbonyl (C=O) groups excluding carboxylic acids is 9. The first-order valence-electron chi connectivity index (χ1n) is 26.0. The standard InChI is InChI=1S/C50H78N14O15/c1-7-25(4)39(47(76)60-33(20-38(68)69)43(72)63-40(27(6)66)46(75)56-22-37(67)58-34(49(78)79)18-24(2)3)62-42(71)32(19-28-21-55-31-14-9-8-12-29(28)31)59-44(73)35(23-65)61-45(74)36-15-11-17-64(36)48(77)26(5)57-41(70)30(51)13-10-16-54-50(52)53/h8-9,12,14,21,24-27,30,32-36,39-40,55,65-66H,7,10-11,13,15-20,22-23,51H2,1-6H3,(H,56,75)(H,57,70)(H,58,67)(H,59,73)(H,60,76)(H,61,74)(H,62,71)(H,63,72)(H,68,69)(H,78,79)(H4,52,53,54)/t25-,26-,27+,30-,32-,33-,34-,35-,36-,39-,40-/m0/s1. The second-order valence-corrected chi connectivity index (χ2v) is 19.9. The number of aliphatic hydroxyl groups is 2. The molecule has 11 atom stereocenters. The summed E-state index contributed by atoms with van der Waals surface area (Å²) < 4.78 is 0. The SMILES string of the molecule is CC[C@H](C)[C@H](NC(=O)[C@H](Cc1c[nH]c2ccccc12)NC(=O)[C@H](CO)NC(=O)[C@@H]1CCCN1C(=O)[C@H](C)NC(=O)[C@@H](N)CCCN=C(N)N)C(=O)N[C@@H](CC(=O)O)C(=O)N[C@H](C(=O)NCC(=O)N[C@@H](CC(C)C)C(=O)O)[C@@H](C)O. The van der Waals surface area contributed by atoms with Crippen LogP contribution in [0, 0.1) is 11.8 Å². The summed E-state index contributed by atoms with van der Waals surface area (Å²) in [7, 11) is 0. The van der Waals surface area contributed by atoms with Crippen LogP contribution < -0.4 is 59.7 Å². The van der Waals surface area contributed by atoms with Crippen LogP contribution >= 0.6 is 0 Å². The second kappa shape index (κ2) is 31.5. The van der Waals surface area contributed by atoms with Crippen molar-refractivity contribution in [2.75, 3.05) is 26.2 Å². The van der Waals surface area contributed by atoms with E-state index in [1.165, 1.54) is 11.8 Å². The minimum absolute atomic E-state index is 0.0792. The maximum Gasteiger partial charge on any atom is 0.326 e. The molecule has 29 nitrogen and oxygen atoms in total. The van der Waals surface area contributed by atoms with Gasteiger partial charge < -0.3 is 90.0 Å². The van der Waals surface area contributed by atoms with Crippen LogP contribution in [0.3, 0.4) is 0 Å². The van der Waals surface area contributed by atoms with Gasteiger partial charge in [-0.2, -0.15) is 0 Å². The molecule has 1 aliphatic rings. The first kappa shape index (κ1) is 65.4. The summed E-state index contributed by atoms with van der Waals surface area (Å²) >= 11 is 0. The zero-order valence-corrected chi connectivity index (χ0v) is 45.2. The molecule has 0 radical (unpaired) electrons. The monoisotopic (exact) mass is 1110 g/mol. The summed E-state index contributed by atoms with van der Waals surface area (Å²) in [5, 5.41) is 59.9. The molecular formula is C50H78N14O15. The molecule has 0 unspecified atom stereocenters. The van der Waals surface area contributed by atoms with Crippen molar-refractivity contribution in [3.05, 3.63) is 36.0 Å². The van der Waals surface area contributed by atoms with E-state index in [2.05, 4.69) is 52.5 Å². The average molecular weight is 1120 g/mol. The van der Waals surface area contributed by atoms with Crippen LogP contribution in [0.25, 0.3) is 10.9 Å². The van der Waals surface area contributed by atoms with Gasteiger partial charge in [-0.1, -0.05) is 52.3 Å². The quantitative estimate of drug-likeness (QED) is 0.0187. The Labute approximate surface area is 456 Å². The average Bonchev–Trinajstić information content (AvgIpc) is 4.10. The van der Waals surface area contributed by atoms with Gasteiger partial charge >= 0.3 is 11.9 Å². The lowest BCUT2D eigenvalue weighted by molar-refractivity contribution is -0.142. The van der Waals surface area contributed by atoms with Gasteiger partial charge in [0.1, 0.15) is 48.3 Å². The number of hydrogen-bond acceptors (Lipinski definition) is 15. The lowest BCUT2D eigenvalue weighted by Gasteiger charge is -2.30.